The number of carbonyl (C=O) groups excluding carboxylic acids is 1. The van der Waals surface area contributed by atoms with Crippen LogP contribution in [0.1, 0.15) is 46.1 Å². The molecule has 2 heterocycles. The van der Waals surface area contributed by atoms with Gasteiger partial charge in [0, 0.05) is 10.4 Å². The van der Waals surface area contributed by atoms with Crippen molar-refractivity contribution in [2.24, 2.45) is 0 Å². The van der Waals surface area contributed by atoms with E-state index >= 15 is 0 Å². The predicted octanol–water partition coefficient (Wildman–Crippen LogP) is 3.80. The van der Waals surface area contributed by atoms with Gasteiger partial charge in [0.2, 0.25) is 0 Å². The number of carbonyl (C=O) groups is 1. The van der Waals surface area contributed by atoms with Crippen molar-refractivity contribution in [2.45, 2.75) is 40.0 Å². The normalized spacial score (nSPS) is 11.0. The van der Waals surface area contributed by atoms with E-state index in [9.17, 15) is 9.59 Å². The summed E-state index contributed by atoms with van der Waals surface area (Å²) in [4.78, 5) is 31.1. The number of aryl methyl sites for hydroxylation is 3. The number of thiophene rings is 1. The Balaban J connectivity index is 1.83. The van der Waals surface area contributed by atoms with Gasteiger partial charge in [0.15, 0.2) is 0 Å². The first-order valence-electron chi connectivity index (χ1n) is 8.39. The fourth-order valence-electron chi connectivity index (χ4n) is 2.69. The molecule has 1 N–H and O–H groups in total. The summed E-state index contributed by atoms with van der Waals surface area (Å²) >= 11 is 1.49. The lowest BCUT2D eigenvalue weighted by atomic mass is 10.1. The number of nitrogens with one attached hydrogen (secondary N) is 1. The highest BCUT2D eigenvalue weighted by molar-refractivity contribution is 7.18. The first-order valence-corrected chi connectivity index (χ1v) is 9.20. The van der Waals surface area contributed by atoms with Crippen molar-refractivity contribution in [3.63, 3.8) is 0 Å². The fraction of sp³-hybridized carbons (Fsp3) is 0.316. The number of hydrogen-bond acceptors (Lipinski definition) is 4. The maximum Gasteiger partial charge on any atom is 0.281 e. The summed E-state index contributed by atoms with van der Waals surface area (Å²) in [6, 6.07) is 7.50. The average molecular weight is 355 g/mol. The van der Waals surface area contributed by atoms with Crippen LogP contribution in [0.2, 0.25) is 0 Å². The van der Waals surface area contributed by atoms with Crippen molar-refractivity contribution in [1.29, 1.82) is 0 Å². The van der Waals surface area contributed by atoms with Crippen molar-refractivity contribution in [3.05, 3.63) is 62.5 Å². The van der Waals surface area contributed by atoms with Gasteiger partial charge < -0.3 is 0 Å². The van der Waals surface area contributed by atoms with Crippen LogP contribution >= 0.6 is 11.3 Å². The smallest absolute Gasteiger partial charge is 0.267 e. The van der Waals surface area contributed by atoms with E-state index in [0.29, 0.717) is 15.8 Å². The zero-order valence-electron chi connectivity index (χ0n) is 14.6. The molecule has 2 aromatic heterocycles. The first kappa shape index (κ1) is 17.4. The molecule has 0 bridgehead atoms. The monoisotopic (exact) mass is 355 g/mol. The Morgan fingerprint density at radius 2 is 1.96 bits per heavy atom. The van der Waals surface area contributed by atoms with Crippen LogP contribution in [0.5, 0.6) is 0 Å². The molecule has 1 amide bonds. The summed E-state index contributed by atoms with van der Waals surface area (Å²) in [5.41, 5.74) is 5.02. The molecule has 0 saturated heterocycles. The number of nitrogens with zero attached hydrogens (tertiary/aromatic N) is 2. The van der Waals surface area contributed by atoms with E-state index in [2.05, 4.69) is 17.3 Å². The van der Waals surface area contributed by atoms with Gasteiger partial charge in [0.25, 0.3) is 11.5 Å². The molecular formula is C19H21N3O2S. The van der Waals surface area contributed by atoms with Gasteiger partial charge >= 0.3 is 0 Å². The van der Waals surface area contributed by atoms with Crippen molar-refractivity contribution in [3.8, 4) is 0 Å². The lowest BCUT2D eigenvalue weighted by Crippen LogP contribution is -2.33. The van der Waals surface area contributed by atoms with Crippen LogP contribution in [0.15, 0.2) is 35.4 Å². The summed E-state index contributed by atoms with van der Waals surface area (Å²) in [6.45, 7) is 6.02. The van der Waals surface area contributed by atoms with E-state index in [1.54, 1.807) is 12.1 Å². The van der Waals surface area contributed by atoms with Crippen LogP contribution in [0, 0.1) is 13.8 Å². The number of rotatable bonds is 5. The van der Waals surface area contributed by atoms with Crippen LogP contribution < -0.4 is 11.0 Å². The standard InChI is InChI=1S/C19H21N3O2S/c1-4-5-6-14-7-9-15(10-8-14)17(23)21-22-11-20-18-16(19(22)24)12(2)13(3)25-18/h7-11H,4-6H2,1-3H3,(H,21,23). The molecule has 0 fully saturated rings. The molecule has 0 aliphatic rings. The molecule has 3 aromatic rings. The second-order valence-electron chi connectivity index (χ2n) is 6.12. The number of unbranched alkanes of at least 4 members (excludes halogenated alkanes) is 1. The van der Waals surface area contributed by atoms with Gasteiger partial charge in [-0.2, -0.15) is 0 Å². The fourth-order valence-corrected chi connectivity index (χ4v) is 3.68. The Kier molecular flexibility index (Phi) is 4.99. The minimum Gasteiger partial charge on any atom is -0.267 e. The molecule has 0 saturated carbocycles. The van der Waals surface area contributed by atoms with Gasteiger partial charge in [0.05, 0.1) is 5.39 Å². The Morgan fingerprint density at radius 3 is 2.64 bits per heavy atom. The molecule has 0 spiro atoms. The van der Waals surface area contributed by atoms with Gasteiger partial charge in [-0.15, -0.1) is 11.3 Å². The molecule has 0 radical (unpaired) electrons. The van der Waals surface area contributed by atoms with E-state index in [1.807, 2.05) is 26.0 Å². The third kappa shape index (κ3) is 3.49. The van der Waals surface area contributed by atoms with Crippen LogP contribution in [0.4, 0.5) is 0 Å². The summed E-state index contributed by atoms with van der Waals surface area (Å²) in [5.74, 6) is -0.324. The zero-order chi connectivity index (χ0) is 18.0. The molecule has 6 heteroatoms. The third-order valence-corrected chi connectivity index (χ3v) is 5.46. The lowest BCUT2D eigenvalue weighted by molar-refractivity contribution is 0.101. The molecule has 130 valence electrons. The molecule has 25 heavy (non-hydrogen) atoms. The summed E-state index contributed by atoms with van der Waals surface area (Å²) in [6.07, 6.45) is 4.65. The number of amides is 1. The van der Waals surface area contributed by atoms with E-state index in [-0.39, 0.29) is 11.5 Å². The molecule has 0 aliphatic heterocycles. The molecule has 5 nitrogen and oxygen atoms in total. The van der Waals surface area contributed by atoms with Crippen molar-refractivity contribution in [1.82, 2.24) is 9.66 Å². The van der Waals surface area contributed by atoms with Crippen LogP contribution in [-0.4, -0.2) is 15.6 Å². The Bertz CT molecular complexity index is 971. The molecule has 3 rings (SSSR count). The minimum absolute atomic E-state index is 0.250. The summed E-state index contributed by atoms with van der Waals surface area (Å²) in [7, 11) is 0. The molecule has 0 aliphatic carbocycles. The predicted molar refractivity (Wildman–Crippen MR) is 102 cm³/mol. The SMILES string of the molecule is CCCCc1ccc(C(=O)Nn2cnc3sc(C)c(C)c3c2=O)cc1. The number of aromatic nitrogens is 2. The maximum absolute atomic E-state index is 12.6. The summed E-state index contributed by atoms with van der Waals surface area (Å²) < 4.78 is 1.16. The largest absolute Gasteiger partial charge is 0.281 e. The highest BCUT2D eigenvalue weighted by Crippen LogP contribution is 2.25. The lowest BCUT2D eigenvalue weighted by Gasteiger charge is -2.08. The first-order chi connectivity index (χ1) is 12.0. The topological polar surface area (TPSA) is 64.0 Å². The quantitative estimate of drug-likeness (QED) is 0.757. The summed E-state index contributed by atoms with van der Waals surface area (Å²) in [5, 5.41) is 0.570. The second kappa shape index (κ2) is 7.19. The van der Waals surface area contributed by atoms with E-state index in [0.717, 1.165) is 34.4 Å². The van der Waals surface area contributed by atoms with Crippen LogP contribution in [0.25, 0.3) is 10.2 Å². The minimum atomic E-state index is -0.324. The molecular weight excluding hydrogens is 334 g/mol. The third-order valence-electron chi connectivity index (χ3n) is 4.35. The van der Waals surface area contributed by atoms with Crippen LogP contribution in [-0.2, 0) is 6.42 Å². The van der Waals surface area contributed by atoms with E-state index < -0.39 is 0 Å². The van der Waals surface area contributed by atoms with Crippen molar-refractivity contribution < 1.29 is 4.79 Å². The molecule has 1 aromatic carbocycles. The van der Waals surface area contributed by atoms with Crippen LogP contribution in [0.3, 0.4) is 0 Å². The van der Waals surface area contributed by atoms with Gasteiger partial charge in [-0.3, -0.25) is 15.0 Å². The van der Waals surface area contributed by atoms with E-state index in [4.69, 9.17) is 0 Å². The maximum atomic E-state index is 12.6. The van der Waals surface area contributed by atoms with Gasteiger partial charge in [0.1, 0.15) is 11.2 Å². The van der Waals surface area contributed by atoms with Crippen molar-refractivity contribution >= 4 is 27.5 Å². The number of benzene rings is 1. The zero-order valence-corrected chi connectivity index (χ0v) is 15.4. The number of fused-ring (bicyclic) bond motifs is 1. The van der Waals surface area contributed by atoms with Gasteiger partial charge in [-0.05, 0) is 49.9 Å². The Labute approximate surface area is 150 Å². The Morgan fingerprint density at radius 1 is 1.24 bits per heavy atom. The Hall–Kier alpha value is -2.47. The number of hydrogen-bond donors (Lipinski definition) is 1. The molecule has 0 atom stereocenters. The van der Waals surface area contributed by atoms with E-state index in [1.165, 1.54) is 23.2 Å². The highest BCUT2D eigenvalue weighted by Gasteiger charge is 2.14. The van der Waals surface area contributed by atoms with Gasteiger partial charge in [-0.1, -0.05) is 25.5 Å². The highest BCUT2D eigenvalue weighted by atomic mass is 32.1. The second-order valence-corrected chi connectivity index (χ2v) is 7.33. The van der Waals surface area contributed by atoms with Gasteiger partial charge in [-0.25, -0.2) is 9.66 Å². The molecule has 0 unspecified atom stereocenters. The average Bonchev–Trinajstić information content (AvgIpc) is 2.91. The van der Waals surface area contributed by atoms with Crippen molar-refractivity contribution in [2.75, 3.05) is 5.43 Å².